The highest BCUT2D eigenvalue weighted by atomic mass is 32.2. The zero-order chi connectivity index (χ0) is 22.8. The molecule has 1 aliphatic heterocycles. The molecule has 4 rings (SSSR count). The minimum Gasteiger partial charge on any atom is -0.495 e. The number of rotatable bonds is 5. The second-order valence-corrected chi connectivity index (χ2v) is 9.70. The second-order valence-electron chi connectivity index (χ2n) is 8.76. The van der Waals surface area contributed by atoms with Gasteiger partial charge in [0.2, 0.25) is 5.91 Å². The first-order chi connectivity index (χ1) is 15.4. The smallest absolute Gasteiger partial charge is 0.266 e. The van der Waals surface area contributed by atoms with E-state index in [1.807, 2.05) is 48.2 Å². The Morgan fingerprint density at radius 2 is 1.88 bits per heavy atom. The number of piperidine rings is 1. The minimum absolute atomic E-state index is 0.0820. The summed E-state index contributed by atoms with van der Waals surface area (Å²) < 4.78 is 7.13. The lowest BCUT2D eigenvalue weighted by atomic mass is 9.92. The normalized spacial score (nSPS) is 18.7. The van der Waals surface area contributed by atoms with Gasteiger partial charge in [-0.3, -0.25) is 14.2 Å². The van der Waals surface area contributed by atoms with Gasteiger partial charge in [0.1, 0.15) is 5.75 Å². The van der Waals surface area contributed by atoms with E-state index in [0.717, 1.165) is 25.1 Å². The third-order valence-electron chi connectivity index (χ3n) is 5.87. The van der Waals surface area contributed by atoms with Gasteiger partial charge in [-0.25, -0.2) is 4.98 Å². The van der Waals surface area contributed by atoms with Gasteiger partial charge in [0.05, 0.1) is 29.5 Å². The molecule has 6 nitrogen and oxygen atoms in total. The molecule has 1 amide bonds. The van der Waals surface area contributed by atoms with E-state index in [0.29, 0.717) is 39.3 Å². The summed E-state index contributed by atoms with van der Waals surface area (Å²) in [4.78, 5) is 33.2. The number of nitrogens with zero attached hydrogens (tertiary/aromatic N) is 3. The average molecular weight is 452 g/mol. The molecule has 2 heterocycles. The molecule has 0 spiro atoms. The van der Waals surface area contributed by atoms with Gasteiger partial charge in [0.25, 0.3) is 5.56 Å². The number of carbonyl (C=O) groups is 1. The molecule has 1 fully saturated rings. The Kier molecular flexibility index (Phi) is 6.55. The number of hydrogen-bond donors (Lipinski definition) is 0. The molecule has 1 saturated heterocycles. The van der Waals surface area contributed by atoms with Crippen LogP contribution in [0.2, 0.25) is 0 Å². The Hall–Kier alpha value is -2.80. The number of likely N-dealkylation sites (tertiary alicyclic amines) is 1. The van der Waals surface area contributed by atoms with Crippen molar-refractivity contribution in [2.45, 2.75) is 32.3 Å². The Morgan fingerprint density at radius 3 is 2.59 bits per heavy atom. The summed E-state index contributed by atoms with van der Waals surface area (Å²) in [5.41, 5.74) is 2.08. The number of ether oxygens (including phenoxy) is 1. The van der Waals surface area contributed by atoms with Crippen molar-refractivity contribution in [1.82, 2.24) is 14.5 Å². The summed E-state index contributed by atoms with van der Waals surface area (Å²) in [6, 6.07) is 13.0. The van der Waals surface area contributed by atoms with Crippen LogP contribution in [0, 0.1) is 18.8 Å². The fourth-order valence-electron chi connectivity index (χ4n) is 4.48. The molecule has 7 heteroatoms. The highest BCUT2D eigenvalue weighted by Gasteiger charge is 2.26. The summed E-state index contributed by atoms with van der Waals surface area (Å²) in [5.74, 6) is 1.90. The number of para-hydroxylation sites is 1. The molecule has 0 radical (unpaired) electrons. The predicted octanol–water partition coefficient (Wildman–Crippen LogP) is 4.30. The molecular formula is C25H29N3O3S. The number of thioether (sulfide) groups is 1. The van der Waals surface area contributed by atoms with E-state index in [9.17, 15) is 9.59 Å². The van der Waals surface area contributed by atoms with E-state index in [4.69, 9.17) is 9.72 Å². The van der Waals surface area contributed by atoms with Gasteiger partial charge in [-0.1, -0.05) is 43.8 Å². The summed E-state index contributed by atoms with van der Waals surface area (Å²) in [5, 5.41) is 1.02. The van der Waals surface area contributed by atoms with Crippen LogP contribution >= 0.6 is 11.8 Å². The van der Waals surface area contributed by atoms with Crippen molar-refractivity contribution >= 4 is 28.6 Å². The highest BCUT2D eigenvalue weighted by Crippen LogP contribution is 2.29. The van der Waals surface area contributed by atoms with Gasteiger partial charge >= 0.3 is 0 Å². The molecule has 3 aromatic rings. The summed E-state index contributed by atoms with van der Waals surface area (Å²) in [7, 11) is 1.59. The van der Waals surface area contributed by atoms with Crippen molar-refractivity contribution < 1.29 is 9.53 Å². The lowest BCUT2D eigenvalue weighted by molar-refractivity contribution is -0.130. The molecule has 0 bridgehead atoms. The third kappa shape index (κ3) is 4.53. The average Bonchev–Trinajstić information content (AvgIpc) is 2.77. The number of aryl methyl sites for hydroxylation is 1. The van der Waals surface area contributed by atoms with Gasteiger partial charge in [0, 0.05) is 13.1 Å². The molecular weight excluding hydrogens is 422 g/mol. The standard InChI is InChI=1S/C25H29N3O3S/c1-16-9-10-22(31-4)21(12-16)28-24(30)19-7-5-6-8-20(19)26-25(28)32-15-23(29)27-13-17(2)11-18(3)14-27/h5-10,12,17-18H,11,13-15H2,1-4H3/t17-,18-/m1/s1. The van der Waals surface area contributed by atoms with Gasteiger partial charge in [0.15, 0.2) is 5.16 Å². The lowest BCUT2D eigenvalue weighted by Crippen LogP contribution is -2.43. The van der Waals surface area contributed by atoms with Crippen LogP contribution in [0.3, 0.4) is 0 Å². The van der Waals surface area contributed by atoms with Gasteiger partial charge in [-0.2, -0.15) is 0 Å². The summed E-state index contributed by atoms with van der Waals surface area (Å²) in [6.07, 6.45) is 1.15. The molecule has 0 N–H and O–H groups in total. The Morgan fingerprint density at radius 1 is 1.16 bits per heavy atom. The molecule has 2 atom stereocenters. The number of fused-ring (bicyclic) bond motifs is 1. The number of amides is 1. The third-order valence-corrected chi connectivity index (χ3v) is 6.79. The van der Waals surface area contributed by atoms with E-state index in [1.54, 1.807) is 17.7 Å². The maximum absolute atomic E-state index is 13.5. The van der Waals surface area contributed by atoms with Crippen LogP contribution in [0.25, 0.3) is 16.6 Å². The maximum atomic E-state index is 13.5. The van der Waals surface area contributed by atoms with E-state index >= 15 is 0 Å². The fourth-order valence-corrected chi connectivity index (χ4v) is 5.39. The lowest BCUT2D eigenvalue weighted by Gasteiger charge is -2.35. The van der Waals surface area contributed by atoms with Crippen LogP contribution in [0.4, 0.5) is 0 Å². The molecule has 2 aromatic carbocycles. The molecule has 0 aliphatic carbocycles. The Balaban J connectivity index is 1.74. The van der Waals surface area contributed by atoms with Crippen LogP contribution in [-0.2, 0) is 4.79 Å². The first-order valence-corrected chi connectivity index (χ1v) is 11.9. The monoisotopic (exact) mass is 451 g/mol. The van der Waals surface area contributed by atoms with Crippen molar-refractivity contribution in [2.75, 3.05) is 26.0 Å². The van der Waals surface area contributed by atoms with E-state index in [1.165, 1.54) is 11.8 Å². The van der Waals surface area contributed by atoms with Gasteiger partial charge < -0.3 is 9.64 Å². The zero-order valence-electron chi connectivity index (χ0n) is 19.0. The van der Waals surface area contributed by atoms with Gasteiger partial charge in [-0.05, 0) is 55.0 Å². The van der Waals surface area contributed by atoms with E-state index in [-0.39, 0.29) is 17.2 Å². The largest absolute Gasteiger partial charge is 0.495 e. The topological polar surface area (TPSA) is 64.4 Å². The van der Waals surface area contributed by atoms with Gasteiger partial charge in [-0.15, -0.1) is 0 Å². The predicted molar refractivity (Wildman–Crippen MR) is 129 cm³/mol. The van der Waals surface area contributed by atoms with Crippen LogP contribution in [0.1, 0.15) is 25.8 Å². The van der Waals surface area contributed by atoms with E-state index in [2.05, 4.69) is 13.8 Å². The van der Waals surface area contributed by atoms with Crippen molar-refractivity contribution in [1.29, 1.82) is 0 Å². The van der Waals surface area contributed by atoms with Crippen LogP contribution in [-0.4, -0.2) is 46.3 Å². The van der Waals surface area contributed by atoms with Crippen LogP contribution < -0.4 is 10.3 Å². The Bertz CT molecular complexity index is 1200. The summed E-state index contributed by atoms with van der Waals surface area (Å²) in [6.45, 7) is 7.92. The quantitative estimate of drug-likeness (QED) is 0.428. The molecule has 0 saturated carbocycles. The molecule has 32 heavy (non-hydrogen) atoms. The first-order valence-electron chi connectivity index (χ1n) is 10.9. The fraction of sp³-hybridized carbons (Fsp3) is 0.400. The second kappa shape index (κ2) is 9.36. The number of carbonyl (C=O) groups excluding carboxylic acids is 1. The molecule has 1 aliphatic rings. The van der Waals surface area contributed by atoms with Crippen molar-refractivity contribution in [2.24, 2.45) is 11.8 Å². The number of methoxy groups -OCH3 is 1. The van der Waals surface area contributed by atoms with Crippen molar-refractivity contribution in [3.63, 3.8) is 0 Å². The van der Waals surface area contributed by atoms with Crippen LogP contribution in [0.15, 0.2) is 52.4 Å². The molecule has 0 unspecified atom stereocenters. The zero-order valence-corrected chi connectivity index (χ0v) is 19.8. The first kappa shape index (κ1) is 22.4. The number of benzene rings is 2. The summed E-state index contributed by atoms with van der Waals surface area (Å²) >= 11 is 1.31. The van der Waals surface area contributed by atoms with E-state index < -0.39 is 0 Å². The number of aromatic nitrogens is 2. The van der Waals surface area contributed by atoms with Crippen molar-refractivity contribution in [3.05, 3.63) is 58.4 Å². The van der Waals surface area contributed by atoms with Crippen molar-refractivity contribution in [3.8, 4) is 11.4 Å². The molecule has 168 valence electrons. The number of hydrogen-bond acceptors (Lipinski definition) is 5. The van der Waals surface area contributed by atoms with Crippen LogP contribution in [0.5, 0.6) is 5.75 Å². The maximum Gasteiger partial charge on any atom is 0.266 e. The SMILES string of the molecule is COc1ccc(C)cc1-n1c(SCC(=O)N2C[C@H](C)C[C@@H](C)C2)nc2ccccc2c1=O. The molecule has 1 aromatic heterocycles. The Labute approximate surface area is 192 Å². The highest BCUT2D eigenvalue weighted by molar-refractivity contribution is 7.99. The minimum atomic E-state index is -0.172.